The van der Waals surface area contributed by atoms with E-state index < -0.39 is 17.6 Å². The van der Waals surface area contributed by atoms with Crippen LogP contribution in [-0.2, 0) is 6.54 Å². The topological polar surface area (TPSA) is 104 Å². The van der Waals surface area contributed by atoms with Crippen LogP contribution >= 0.6 is 0 Å². The van der Waals surface area contributed by atoms with Gasteiger partial charge < -0.3 is 10.2 Å². The van der Waals surface area contributed by atoms with Crippen molar-refractivity contribution in [2.75, 3.05) is 0 Å². The standard InChI is InChI=1S/C20H18FN3O4/c1-2-3-10-24-19(27)13-9-8-12(11-15(13)20(24)28)17(25)22-23-18(26)14-6-4-5-7-16(14)21/h4-9,11,27-28H,2-3,10H2,1H3. The van der Waals surface area contributed by atoms with Gasteiger partial charge in [0.05, 0.1) is 5.56 Å². The summed E-state index contributed by atoms with van der Waals surface area (Å²) in [6, 6.07) is 9.50. The molecule has 0 saturated carbocycles. The molecule has 0 bridgehead atoms. The molecule has 0 unspecified atom stereocenters. The summed E-state index contributed by atoms with van der Waals surface area (Å²) >= 11 is 0. The fourth-order valence-corrected chi connectivity index (χ4v) is 2.81. The Morgan fingerprint density at radius 1 is 1.00 bits per heavy atom. The molecule has 28 heavy (non-hydrogen) atoms. The summed E-state index contributed by atoms with van der Waals surface area (Å²) in [4.78, 5) is 24.1. The molecule has 0 aliphatic rings. The number of rotatable bonds is 5. The number of carbonyl (C=O) groups excluding carboxylic acids is 2. The molecule has 0 atom stereocenters. The van der Waals surface area contributed by atoms with Gasteiger partial charge in [-0.1, -0.05) is 25.5 Å². The van der Waals surface area contributed by atoms with Crippen LogP contribution in [0.25, 0.3) is 10.8 Å². The molecule has 2 aromatic carbocycles. The maximum atomic E-state index is 13.6. The molecule has 0 saturated heterocycles. The van der Waals surface area contributed by atoms with E-state index in [-0.39, 0.29) is 28.3 Å². The first kappa shape index (κ1) is 19.2. The monoisotopic (exact) mass is 383 g/mol. The van der Waals surface area contributed by atoms with Gasteiger partial charge in [-0.05, 0) is 36.8 Å². The Morgan fingerprint density at radius 3 is 2.39 bits per heavy atom. The van der Waals surface area contributed by atoms with Crippen LogP contribution in [0.4, 0.5) is 4.39 Å². The number of amides is 2. The van der Waals surface area contributed by atoms with Crippen molar-refractivity contribution in [3.05, 3.63) is 59.4 Å². The van der Waals surface area contributed by atoms with Gasteiger partial charge in [-0.2, -0.15) is 0 Å². The van der Waals surface area contributed by atoms with E-state index in [1.54, 1.807) is 0 Å². The number of hydrogen-bond donors (Lipinski definition) is 2. The zero-order chi connectivity index (χ0) is 20.3. The van der Waals surface area contributed by atoms with Gasteiger partial charge in [0.2, 0.25) is 11.8 Å². The lowest BCUT2D eigenvalue weighted by molar-refractivity contribution is 0.0944. The second-order valence-electron chi connectivity index (χ2n) is 6.20. The maximum absolute atomic E-state index is 13.6. The lowest BCUT2D eigenvalue weighted by Crippen LogP contribution is -2.00. The quantitative estimate of drug-likeness (QED) is 0.636. The highest BCUT2D eigenvalue weighted by Gasteiger charge is 2.18. The first-order valence-corrected chi connectivity index (χ1v) is 8.73. The highest BCUT2D eigenvalue weighted by atomic mass is 19.1. The van der Waals surface area contributed by atoms with Crippen LogP contribution < -0.4 is 0 Å². The number of azo groups is 1. The summed E-state index contributed by atoms with van der Waals surface area (Å²) in [5.74, 6) is -2.80. The number of fused-ring (bicyclic) bond motifs is 1. The van der Waals surface area contributed by atoms with Crippen molar-refractivity contribution in [2.45, 2.75) is 26.3 Å². The third kappa shape index (κ3) is 3.62. The van der Waals surface area contributed by atoms with E-state index >= 15 is 0 Å². The van der Waals surface area contributed by atoms with E-state index in [1.807, 2.05) is 6.92 Å². The molecule has 7 nitrogen and oxygen atoms in total. The molecular weight excluding hydrogens is 365 g/mol. The van der Waals surface area contributed by atoms with E-state index in [4.69, 9.17) is 0 Å². The molecule has 0 aliphatic heterocycles. The van der Waals surface area contributed by atoms with Crippen LogP contribution in [0.3, 0.4) is 0 Å². The molecular formula is C20H18FN3O4. The van der Waals surface area contributed by atoms with Gasteiger partial charge in [0.15, 0.2) is 0 Å². The summed E-state index contributed by atoms with van der Waals surface area (Å²) in [7, 11) is 0. The van der Waals surface area contributed by atoms with Crippen molar-refractivity contribution in [3.8, 4) is 11.8 Å². The van der Waals surface area contributed by atoms with Crippen molar-refractivity contribution in [1.82, 2.24) is 4.57 Å². The molecule has 0 fully saturated rings. The average Bonchev–Trinajstić information content (AvgIpc) is 2.94. The molecule has 2 N–H and O–H groups in total. The Balaban J connectivity index is 1.87. The zero-order valence-electron chi connectivity index (χ0n) is 15.1. The number of benzene rings is 2. The molecule has 0 spiro atoms. The second kappa shape index (κ2) is 7.99. The van der Waals surface area contributed by atoms with Crippen molar-refractivity contribution in [1.29, 1.82) is 0 Å². The summed E-state index contributed by atoms with van der Waals surface area (Å²) < 4.78 is 14.9. The third-order valence-corrected chi connectivity index (χ3v) is 4.33. The minimum atomic E-state index is -0.973. The Bertz CT molecular complexity index is 1090. The summed E-state index contributed by atoms with van der Waals surface area (Å²) in [6.07, 6.45) is 1.65. The van der Waals surface area contributed by atoms with Crippen LogP contribution in [0.15, 0.2) is 52.7 Å². The number of halogens is 1. The molecule has 3 aromatic rings. The van der Waals surface area contributed by atoms with Crippen molar-refractivity contribution in [3.63, 3.8) is 0 Å². The van der Waals surface area contributed by atoms with Gasteiger partial charge in [0.1, 0.15) is 5.82 Å². The molecule has 3 rings (SSSR count). The molecule has 0 radical (unpaired) electrons. The lowest BCUT2D eigenvalue weighted by Gasteiger charge is -2.04. The Labute approximate surface area is 159 Å². The molecule has 144 valence electrons. The summed E-state index contributed by atoms with van der Waals surface area (Å²) in [6.45, 7) is 2.42. The van der Waals surface area contributed by atoms with E-state index in [0.717, 1.165) is 18.9 Å². The molecule has 0 aliphatic carbocycles. The van der Waals surface area contributed by atoms with Crippen molar-refractivity contribution in [2.24, 2.45) is 10.2 Å². The van der Waals surface area contributed by atoms with Gasteiger partial charge in [-0.15, -0.1) is 10.2 Å². The zero-order valence-corrected chi connectivity index (χ0v) is 15.1. The van der Waals surface area contributed by atoms with E-state index in [9.17, 15) is 24.2 Å². The van der Waals surface area contributed by atoms with Crippen molar-refractivity contribution < 1.29 is 24.2 Å². The Kier molecular flexibility index (Phi) is 5.49. The van der Waals surface area contributed by atoms with Gasteiger partial charge in [-0.3, -0.25) is 14.2 Å². The van der Waals surface area contributed by atoms with E-state index in [1.165, 1.54) is 41.0 Å². The van der Waals surface area contributed by atoms with Gasteiger partial charge in [0.25, 0.3) is 11.8 Å². The number of aromatic hydroxyl groups is 2. The van der Waals surface area contributed by atoms with E-state index in [0.29, 0.717) is 11.9 Å². The molecule has 2 amide bonds. The number of unbranched alkanes of at least 4 members (excludes halogenated alkanes) is 1. The molecule has 1 heterocycles. The summed E-state index contributed by atoms with van der Waals surface area (Å²) in [5, 5.41) is 27.9. The minimum absolute atomic E-state index is 0.0699. The van der Waals surface area contributed by atoms with Gasteiger partial charge in [0, 0.05) is 22.9 Å². The van der Waals surface area contributed by atoms with Gasteiger partial charge in [-0.25, -0.2) is 4.39 Å². The minimum Gasteiger partial charge on any atom is -0.494 e. The maximum Gasteiger partial charge on any atom is 0.298 e. The number of hydrogen-bond acceptors (Lipinski definition) is 4. The smallest absolute Gasteiger partial charge is 0.298 e. The third-order valence-electron chi connectivity index (χ3n) is 4.33. The fraction of sp³-hybridized carbons (Fsp3) is 0.200. The first-order chi connectivity index (χ1) is 13.4. The lowest BCUT2D eigenvalue weighted by atomic mass is 10.1. The highest BCUT2D eigenvalue weighted by molar-refractivity contribution is 6.03. The first-order valence-electron chi connectivity index (χ1n) is 8.73. The Hall–Kier alpha value is -3.55. The van der Waals surface area contributed by atoms with Crippen LogP contribution in [0.1, 0.15) is 40.5 Å². The van der Waals surface area contributed by atoms with E-state index in [2.05, 4.69) is 10.2 Å². The predicted octanol–water partition coefficient (Wildman–Crippen LogP) is 4.42. The van der Waals surface area contributed by atoms with Crippen LogP contribution in [0.5, 0.6) is 11.8 Å². The van der Waals surface area contributed by atoms with Crippen molar-refractivity contribution >= 4 is 22.6 Å². The Morgan fingerprint density at radius 2 is 1.68 bits per heavy atom. The van der Waals surface area contributed by atoms with Crippen LogP contribution in [0.2, 0.25) is 0 Å². The average molecular weight is 383 g/mol. The SMILES string of the molecule is CCCCn1c(O)c2ccc(C(=O)N=NC(=O)c3ccccc3F)cc2c1O. The second-order valence-corrected chi connectivity index (χ2v) is 6.20. The predicted molar refractivity (Wildman–Crippen MR) is 100 cm³/mol. The molecule has 1 aromatic heterocycles. The van der Waals surface area contributed by atoms with Gasteiger partial charge >= 0.3 is 0 Å². The largest absolute Gasteiger partial charge is 0.494 e. The van der Waals surface area contributed by atoms with Crippen LogP contribution in [0, 0.1) is 5.82 Å². The normalized spacial score (nSPS) is 11.4. The van der Waals surface area contributed by atoms with Crippen LogP contribution in [-0.4, -0.2) is 26.6 Å². The number of carbonyl (C=O) groups is 2. The highest BCUT2D eigenvalue weighted by Crippen LogP contribution is 2.37. The fourth-order valence-electron chi connectivity index (χ4n) is 2.81. The number of nitrogens with zero attached hydrogens (tertiary/aromatic N) is 3. The summed E-state index contributed by atoms with van der Waals surface area (Å²) in [5.41, 5.74) is -0.217. The molecule has 8 heteroatoms. The number of aromatic nitrogens is 1.